The first-order valence-corrected chi connectivity index (χ1v) is 5.19. The first kappa shape index (κ1) is 12.0. The van der Waals surface area contributed by atoms with Gasteiger partial charge in [0, 0.05) is 12.5 Å². The summed E-state index contributed by atoms with van der Waals surface area (Å²) >= 11 is 5.34. The Balaban J connectivity index is 2.78. The monoisotopic (exact) mass is 230 g/mol. The van der Waals surface area contributed by atoms with Crippen LogP contribution in [0.15, 0.2) is 18.2 Å². The second kappa shape index (κ2) is 5.71. The number of halogens is 2. The summed E-state index contributed by atoms with van der Waals surface area (Å²) in [4.78, 5) is 11.0. The summed E-state index contributed by atoms with van der Waals surface area (Å²) < 4.78 is 18.5. The maximum atomic E-state index is 13.4. The number of alkyl halides is 1. The quantitative estimate of drug-likeness (QED) is 0.727. The molecule has 0 N–H and O–H groups in total. The van der Waals surface area contributed by atoms with Gasteiger partial charge in [-0.05, 0) is 18.6 Å². The van der Waals surface area contributed by atoms with Gasteiger partial charge in [-0.1, -0.05) is 6.07 Å². The van der Waals surface area contributed by atoms with Crippen molar-refractivity contribution in [3.05, 3.63) is 29.6 Å². The van der Waals surface area contributed by atoms with Gasteiger partial charge in [0.05, 0.1) is 12.5 Å². The summed E-state index contributed by atoms with van der Waals surface area (Å²) in [6.07, 6.45) is 0.0295. The molecule has 0 unspecified atom stereocenters. The molecule has 0 atom stereocenters. The van der Waals surface area contributed by atoms with Gasteiger partial charge < -0.3 is 4.74 Å². The Labute approximate surface area is 93.0 Å². The second-order valence-corrected chi connectivity index (χ2v) is 3.30. The van der Waals surface area contributed by atoms with E-state index in [1.54, 1.807) is 12.1 Å². The Morgan fingerprint density at radius 2 is 2.27 bits per heavy atom. The topological polar surface area (TPSA) is 26.3 Å². The molecule has 0 bridgehead atoms. The summed E-state index contributed by atoms with van der Waals surface area (Å²) in [5, 5.41) is 0. The van der Waals surface area contributed by atoms with Crippen LogP contribution in [0.4, 0.5) is 4.39 Å². The predicted octanol–water partition coefficient (Wildman–Crippen LogP) is 2.57. The van der Waals surface area contributed by atoms with Crippen molar-refractivity contribution in [3.8, 4) is 5.75 Å². The van der Waals surface area contributed by atoms with Crippen molar-refractivity contribution in [2.75, 3.05) is 12.5 Å². The maximum Gasteiger partial charge on any atom is 0.152 e. The van der Waals surface area contributed by atoms with Crippen molar-refractivity contribution in [2.45, 2.75) is 13.3 Å². The number of hydrogen-bond acceptors (Lipinski definition) is 2. The number of ether oxygens (including phenoxy) is 1. The van der Waals surface area contributed by atoms with Crippen LogP contribution in [0.25, 0.3) is 0 Å². The molecule has 15 heavy (non-hydrogen) atoms. The third kappa shape index (κ3) is 3.51. The molecule has 0 spiro atoms. The molecule has 0 heterocycles. The van der Waals surface area contributed by atoms with Gasteiger partial charge in [-0.25, -0.2) is 4.39 Å². The van der Waals surface area contributed by atoms with E-state index in [9.17, 15) is 9.18 Å². The standard InChI is InChI=1S/C11H12ClFO2/c1-2-15-10-4-3-8(11(13)6-10)5-9(14)7-12/h3-4,6H,2,5,7H2,1H3. The van der Waals surface area contributed by atoms with Gasteiger partial charge in [0.25, 0.3) is 0 Å². The van der Waals surface area contributed by atoms with E-state index in [1.807, 2.05) is 6.92 Å². The molecule has 0 aromatic heterocycles. The number of rotatable bonds is 5. The first-order chi connectivity index (χ1) is 7.17. The Bertz CT molecular complexity index is 352. The van der Waals surface area contributed by atoms with E-state index in [4.69, 9.17) is 16.3 Å². The Morgan fingerprint density at radius 1 is 1.53 bits per heavy atom. The molecule has 0 aliphatic rings. The van der Waals surface area contributed by atoms with Crippen LogP contribution >= 0.6 is 11.6 Å². The lowest BCUT2D eigenvalue weighted by molar-refractivity contribution is -0.116. The largest absolute Gasteiger partial charge is 0.494 e. The molecule has 1 aromatic rings. The Kier molecular flexibility index (Phi) is 4.56. The molecule has 82 valence electrons. The maximum absolute atomic E-state index is 13.4. The van der Waals surface area contributed by atoms with Gasteiger partial charge in [0.2, 0.25) is 0 Å². The fourth-order valence-electron chi connectivity index (χ4n) is 1.19. The minimum Gasteiger partial charge on any atom is -0.494 e. The molecule has 1 rings (SSSR count). The van der Waals surface area contributed by atoms with Gasteiger partial charge in [0.1, 0.15) is 11.6 Å². The van der Waals surface area contributed by atoms with Crippen molar-refractivity contribution in [1.82, 2.24) is 0 Å². The summed E-state index contributed by atoms with van der Waals surface area (Å²) in [5.74, 6) is -0.247. The van der Waals surface area contributed by atoms with E-state index in [2.05, 4.69) is 0 Å². The molecule has 0 radical (unpaired) electrons. The summed E-state index contributed by atoms with van der Waals surface area (Å²) in [6.45, 7) is 2.31. The van der Waals surface area contributed by atoms with Crippen LogP contribution < -0.4 is 4.74 Å². The van der Waals surface area contributed by atoms with Gasteiger partial charge in [-0.15, -0.1) is 11.6 Å². The van der Waals surface area contributed by atoms with Crippen LogP contribution in [0, 0.1) is 5.82 Å². The number of carbonyl (C=O) groups is 1. The molecule has 1 aromatic carbocycles. The van der Waals surface area contributed by atoms with Crippen molar-refractivity contribution in [3.63, 3.8) is 0 Å². The minimum absolute atomic E-state index is 0.0295. The summed E-state index contributed by atoms with van der Waals surface area (Å²) in [5.41, 5.74) is 0.351. The van der Waals surface area contributed by atoms with Gasteiger partial charge >= 0.3 is 0 Å². The van der Waals surface area contributed by atoms with Crippen LogP contribution in [-0.4, -0.2) is 18.3 Å². The zero-order valence-electron chi connectivity index (χ0n) is 8.43. The van der Waals surface area contributed by atoms with Crippen molar-refractivity contribution < 1.29 is 13.9 Å². The lowest BCUT2D eigenvalue weighted by atomic mass is 10.1. The fourth-order valence-corrected chi connectivity index (χ4v) is 1.28. The highest BCUT2D eigenvalue weighted by Crippen LogP contribution is 2.17. The second-order valence-electron chi connectivity index (χ2n) is 3.04. The van der Waals surface area contributed by atoms with Crippen LogP contribution in [0.3, 0.4) is 0 Å². The average molecular weight is 231 g/mol. The van der Waals surface area contributed by atoms with Gasteiger partial charge in [-0.3, -0.25) is 4.79 Å². The Morgan fingerprint density at radius 3 is 2.80 bits per heavy atom. The number of benzene rings is 1. The molecule has 0 aliphatic heterocycles. The minimum atomic E-state index is -0.431. The van der Waals surface area contributed by atoms with Crippen LogP contribution in [0.1, 0.15) is 12.5 Å². The van der Waals surface area contributed by atoms with Crippen LogP contribution in [0.2, 0.25) is 0 Å². The van der Waals surface area contributed by atoms with Gasteiger partial charge in [0.15, 0.2) is 5.78 Å². The van der Waals surface area contributed by atoms with Crippen LogP contribution in [-0.2, 0) is 11.2 Å². The third-order valence-corrected chi connectivity index (χ3v) is 2.17. The summed E-state index contributed by atoms with van der Waals surface area (Å²) in [6, 6.07) is 4.47. The molecular weight excluding hydrogens is 219 g/mol. The molecule has 4 heteroatoms. The highest BCUT2D eigenvalue weighted by Gasteiger charge is 2.08. The van der Waals surface area contributed by atoms with E-state index in [-0.39, 0.29) is 18.1 Å². The van der Waals surface area contributed by atoms with Crippen molar-refractivity contribution >= 4 is 17.4 Å². The van der Waals surface area contributed by atoms with E-state index >= 15 is 0 Å². The molecule has 0 fully saturated rings. The molecule has 2 nitrogen and oxygen atoms in total. The highest BCUT2D eigenvalue weighted by atomic mass is 35.5. The van der Waals surface area contributed by atoms with E-state index < -0.39 is 5.82 Å². The SMILES string of the molecule is CCOc1ccc(CC(=O)CCl)c(F)c1. The molecule has 0 aliphatic carbocycles. The van der Waals surface area contributed by atoms with E-state index in [1.165, 1.54) is 6.07 Å². The lowest BCUT2D eigenvalue weighted by Crippen LogP contribution is -2.05. The lowest BCUT2D eigenvalue weighted by Gasteiger charge is -2.05. The highest BCUT2D eigenvalue weighted by molar-refractivity contribution is 6.27. The van der Waals surface area contributed by atoms with Crippen molar-refractivity contribution in [2.24, 2.45) is 0 Å². The van der Waals surface area contributed by atoms with Crippen LogP contribution in [0.5, 0.6) is 5.75 Å². The fraction of sp³-hybridized carbons (Fsp3) is 0.364. The average Bonchev–Trinajstić information content (AvgIpc) is 2.22. The number of ketones is 1. The normalized spacial score (nSPS) is 10.1. The number of Topliss-reactive ketones (excluding diaryl/α,β-unsaturated/α-hetero) is 1. The first-order valence-electron chi connectivity index (χ1n) is 4.66. The molecule has 0 saturated heterocycles. The van der Waals surface area contributed by atoms with Gasteiger partial charge in [-0.2, -0.15) is 0 Å². The zero-order chi connectivity index (χ0) is 11.3. The zero-order valence-corrected chi connectivity index (χ0v) is 9.18. The molecule has 0 amide bonds. The summed E-state index contributed by atoms with van der Waals surface area (Å²) in [7, 11) is 0. The number of carbonyl (C=O) groups excluding carboxylic acids is 1. The van der Waals surface area contributed by atoms with E-state index in [0.717, 1.165) is 0 Å². The molecular formula is C11H12ClFO2. The molecule has 0 saturated carbocycles. The third-order valence-electron chi connectivity index (χ3n) is 1.87. The Hall–Kier alpha value is -1.09. The number of hydrogen-bond donors (Lipinski definition) is 0. The van der Waals surface area contributed by atoms with E-state index in [0.29, 0.717) is 17.9 Å². The predicted molar refractivity (Wildman–Crippen MR) is 57.0 cm³/mol. The van der Waals surface area contributed by atoms with Crippen molar-refractivity contribution in [1.29, 1.82) is 0 Å². The smallest absolute Gasteiger partial charge is 0.152 e.